The Morgan fingerprint density at radius 1 is 1.26 bits per heavy atom. The van der Waals surface area contributed by atoms with Crippen molar-refractivity contribution in [1.82, 2.24) is 19.1 Å². The molecule has 10 heteroatoms. The zero-order chi connectivity index (χ0) is 19.4. The van der Waals surface area contributed by atoms with Crippen molar-refractivity contribution in [1.29, 1.82) is 0 Å². The van der Waals surface area contributed by atoms with E-state index in [1.807, 2.05) is 0 Å². The summed E-state index contributed by atoms with van der Waals surface area (Å²) >= 11 is 1.35. The molecule has 3 heterocycles. The summed E-state index contributed by atoms with van der Waals surface area (Å²) in [5.74, 6) is -0.393. The van der Waals surface area contributed by atoms with Crippen molar-refractivity contribution in [2.45, 2.75) is 50.3 Å². The fourth-order valence-electron chi connectivity index (χ4n) is 3.05. The van der Waals surface area contributed by atoms with Gasteiger partial charge in [0, 0.05) is 32.8 Å². The topological polar surface area (TPSA) is 97.2 Å². The van der Waals surface area contributed by atoms with Gasteiger partial charge in [0.1, 0.15) is 15.6 Å². The maximum atomic E-state index is 12.8. The van der Waals surface area contributed by atoms with Gasteiger partial charge in [-0.2, -0.15) is 4.31 Å². The van der Waals surface area contributed by atoms with Gasteiger partial charge in [-0.25, -0.2) is 8.42 Å². The Labute approximate surface area is 163 Å². The van der Waals surface area contributed by atoms with Crippen molar-refractivity contribution in [3.63, 3.8) is 0 Å². The molecule has 1 N–H and O–H groups in total. The van der Waals surface area contributed by atoms with Crippen LogP contribution in [0.2, 0.25) is 0 Å². The number of aromatic nitrogens is 3. The van der Waals surface area contributed by atoms with E-state index in [2.05, 4.69) is 22.4 Å². The van der Waals surface area contributed by atoms with Gasteiger partial charge in [0.05, 0.1) is 0 Å². The number of anilines is 1. The molecule has 0 radical (unpaired) electrons. The molecule has 0 atom stereocenters. The van der Waals surface area contributed by atoms with Crippen molar-refractivity contribution in [3.8, 4) is 0 Å². The molecule has 1 amide bonds. The number of amides is 1. The molecule has 0 spiro atoms. The van der Waals surface area contributed by atoms with Gasteiger partial charge in [-0.15, -0.1) is 10.2 Å². The molecule has 0 unspecified atom stereocenters. The molecule has 0 aliphatic carbocycles. The van der Waals surface area contributed by atoms with E-state index in [0.29, 0.717) is 18.2 Å². The van der Waals surface area contributed by atoms with Crippen molar-refractivity contribution in [2.24, 2.45) is 7.05 Å². The largest absolute Gasteiger partial charge is 0.345 e. The van der Waals surface area contributed by atoms with Crippen LogP contribution >= 0.6 is 11.3 Å². The molecule has 0 bridgehead atoms. The summed E-state index contributed by atoms with van der Waals surface area (Å²) in [6.45, 7) is 3.17. The third-order valence-corrected chi connectivity index (χ3v) is 7.36. The Hall–Kier alpha value is -1.78. The second-order valence-electron chi connectivity index (χ2n) is 6.70. The van der Waals surface area contributed by atoms with E-state index >= 15 is 0 Å². The number of piperidine rings is 1. The molecule has 2 aromatic heterocycles. The highest BCUT2D eigenvalue weighted by Crippen LogP contribution is 2.23. The monoisotopic (exact) mass is 411 g/mol. The molecule has 0 aromatic carbocycles. The zero-order valence-electron chi connectivity index (χ0n) is 15.6. The lowest BCUT2D eigenvalue weighted by Crippen LogP contribution is -2.35. The van der Waals surface area contributed by atoms with Crippen molar-refractivity contribution in [2.75, 3.05) is 18.4 Å². The fraction of sp³-hybridized carbons (Fsp3) is 0.588. The van der Waals surface area contributed by atoms with Gasteiger partial charge in [0.2, 0.25) is 15.2 Å². The van der Waals surface area contributed by atoms with Crippen LogP contribution in [0.25, 0.3) is 0 Å². The SMILES string of the molecule is CCCCc1nnc(NC(=O)c2cc(S(=O)(=O)N3CCCCC3)cn2C)s1. The lowest BCUT2D eigenvalue weighted by Gasteiger charge is -2.25. The summed E-state index contributed by atoms with van der Waals surface area (Å²) in [6.07, 6.45) is 7.22. The third-order valence-electron chi connectivity index (χ3n) is 4.60. The minimum Gasteiger partial charge on any atom is -0.345 e. The minimum absolute atomic E-state index is 0.151. The van der Waals surface area contributed by atoms with Gasteiger partial charge in [-0.3, -0.25) is 10.1 Å². The first kappa shape index (κ1) is 20.0. The molecule has 1 aliphatic heterocycles. The molecule has 148 valence electrons. The Morgan fingerprint density at radius 3 is 2.70 bits per heavy atom. The summed E-state index contributed by atoms with van der Waals surface area (Å²) < 4.78 is 28.6. The van der Waals surface area contributed by atoms with Gasteiger partial charge in [-0.05, 0) is 25.3 Å². The minimum atomic E-state index is -3.57. The molecule has 1 saturated heterocycles. The number of carbonyl (C=O) groups excluding carboxylic acids is 1. The van der Waals surface area contributed by atoms with Crippen molar-refractivity contribution in [3.05, 3.63) is 23.0 Å². The number of hydrogen-bond acceptors (Lipinski definition) is 6. The molecule has 0 saturated carbocycles. The van der Waals surface area contributed by atoms with Crippen LogP contribution in [0.15, 0.2) is 17.2 Å². The lowest BCUT2D eigenvalue weighted by molar-refractivity contribution is 0.101. The molecule has 1 fully saturated rings. The second-order valence-corrected chi connectivity index (χ2v) is 9.70. The van der Waals surface area contributed by atoms with E-state index < -0.39 is 15.9 Å². The molecular formula is C17H25N5O3S2. The first-order chi connectivity index (χ1) is 12.9. The maximum absolute atomic E-state index is 12.8. The number of unbranched alkanes of at least 4 members (excludes halogenated alkanes) is 1. The first-order valence-electron chi connectivity index (χ1n) is 9.22. The predicted molar refractivity (Wildman–Crippen MR) is 104 cm³/mol. The zero-order valence-corrected chi connectivity index (χ0v) is 17.3. The van der Waals surface area contributed by atoms with Crippen LogP contribution in [0.1, 0.15) is 54.5 Å². The number of aryl methyl sites for hydroxylation is 2. The summed E-state index contributed by atoms with van der Waals surface area (Å²) in [6, 6.07) is 1.43. The Morgan fingerprint density at radius 2 is 2.00 bits per heavy atom. The molecule has 27 heavy (non-hydrogen) atoms. The highest BCUT2D eigenvalue weighted by Gasteiger charge is 2.28. The van der Waals surface area contributed by atoms with Crippen molar-refractivity contribution >= 4 is 32.4 Å². The quantitative estimate of drug-likeness (QED) is 0.755. The van der Waals surface area contributed by atoms with Gasteiger partial charge in [0.15, 0.2) is 0 Å². The number of nitrogens with one attached hydrogen (secondary N) is 1. The van der Waals surface area contributed by atoms with Gasteiger partial charge >= 0.3 is 0 Å². The smallest absolute Gasteiger partial charge is 0.274 e. The molecule has 2 aromatic rings. The number of nitrogens with zero attached hydrogens (tertiary/aromatic N) is 4. The number of carbonyl (C=O) groups is 1. The molecule has 8 nitrogen and oxygen atoms in total. The number of rotatable bonds is 7. The van der Waals surface area contributed by atoms with Crippen molar-refractivity contribution < 1.29 is 13.2 Å². The molecular weight excluding hydrogens is 386 g/mol. The van der Waals surface area contributed by atoms with Gasteiger partial charge in [-0.1, -0.05) is 31.1 Å². The van der Waals surface area contributed by atoms with E-state index in [1.54, 1.807) is 7.05 Å². The van der Waals surface area contributed by atoms with E-state index in [9.17, 15) is 13.2 Å². The summed E-state index contributed by atoms with van der Waals surface area (Å²) in [5.41, 5.74) is 0.274. The van der Waals surface area contributed by atoms with Crippen LogP contribution in [0, 0.1) is 0 Å². The maximum Gasteiger partial charge on any atom is 0.274 e. The van der Waals surface area contributed by atoms with Crippen LogP contribution in [0.3, 0.4) is 0 Å². The average Bonchev–Trinajstić information content (AvgIpc) is 3.27. The van der Waals surface area contributed by atoms with Crippen LogP contribution in [-0.2, 0) is 23.5 Å². The fourth-order valence-corrected chi connectivity index (χ4v) is 5.42. The van der Waals surface area contributed by atoms with Gasteiger partial charge < -0.3 is 4.57 Å². The van der Waals surface area contributed by atoms with E-state index in [-0.39, 0.29) is 10.6 Å². The summed E-state index contributed by atoms with van der Waals surface area (Å²) in [5, 5.41) is 12.1. The van der Waals surface area contributed by atoms with Crippen LogP contribution in [-0.4, -0.2) is 46.5 Å². The Kier molecular flexibility index (Phi) is 6.28. The van der Waals surface area contributed by atoms with Crippen LogP contribution < -0.4 is 5.32 Å². The standard InChI is InChI=1S/C17H25N5O3S2/c1-3-4-8-15-19-20-17(26-15)18-16(23)14-11-13(12-21(14)2)27(24,25)22-9-6-5-7-10-22/h11-12H,3-10H2,1-2H3,(H,18,20,23). The highest BCUT2D eigenvalue weighted by molar-refractivity contribution is 7.89. The average molecular weight is 412 g/mol. The van der Waals surface area contributed by atoms with E-state index in [0.717, 1.165) is 43.5 Å². The van der Waals surface area contributed by atoms with Crippen LogP contribution in [0.5, 0.6) is 0 Å². The number of hydrogen-bond donors (Lipinski definition) is 1. The van der Waals surface area contributed by atoms with E-state index in [1.165, 1.54) is 32.5 Å². The van der Waals surface area contributed by atoms with E-state index in [4.69, 9.17) is 0 Å². The Bertz CT molecular complexity index is 898. The highest BCUT2D eigenvalue weighted by atomic mass is 32.2. The predicted octanol–water partition coefficient (Wildman–Crippen LogP) is 2.65. The lowest BCUT2D eigenvalue weighted by atomic mass is 10.2. The second kappa shape index (κ2) is 8.49. The number of sulfonamides is 1. The third kappa shape index (κ3) is 4.56. The molecule has 1 aliphatic rings. The normalized spacial score (nSPS) is 15.8. The van der Waals surface area contributed by atoms with Gasteiger partial charge in [0.25, 0.3) is 5.91 Å². The summed E-state index contributed by atoms with van der Waals surface area (Å²) in [7, 11) is -1.91. The van der Waals surface area contributed by atoms with Crippen LogP contribution in [0.4, 0.5) is 5.13 Å². The molecule has 3 rings (SSSR count). The first-order valence-corrected chi connectivity index (χ1v) is 11.5. The summed E-state index contributed by atoms with van der Waals surface area (Å²) in [4.78, 5) is 12.7. The Balaban J connectivity index is 1.73.